The van der Waals surface area contributed by atoms with Gasteiger partial charge in [0.15, 0.2) is 15.6 Å². The maximum Gasteiger partial charge on any atom is 0.255 e. The average molecular weight is 597 g/mol. The maximum absolute atomic E-state index is 12.7. The normalized spacial score (nSPS) is 11.6. The molecule has 0 aliphatic heterocycles. The molecule has 206 valence electrons. The molecule has 0 saturated heterocycles. The third kappa shape index (κ3) is 6.62. The van der Waals surface area contributed by atoms with E-state index in [1.807, 2.05) is 0 Å². The number of nitrogens with zero attached hydrogens (tertiary/aromatic N) is 2. The first-order valence-electron chi connectivity index (χ1n) is 11.7. The lowest BCUT2D eigenvalue weighted by Gasteiger charge is -2.13. The van der Waals surface area contributed by atoms with E-state index in [1.54, 1.807) is 36.4 Å². The van der Waals surface area contributed by atoms with Crippen molar-refractivity contribution in [1.82, 2.24) is 0 Å². The molecule has 2 amide bonds. The Hall–Kier alpha value is -3.91. The smallest absolute Gasteiger partial charge is 0.255 e. The van der Waals surface area contributed by atoms with E-state index in [4.69, 9.17) is 5.11 Å². The Kier molecular flexibility index (Phi) is 8.79. The molecule has 0 spiro atoms. The number of carbonyl (C=O) groups excluding carboxylic acids is 2. The summed E-state index contributed by atoms with van der Waals surface area (Å²) in [4.78, 5) is 25.3. The lowest BCUT2D eigenvalue weighted by molar-refractivity contribution is -0.114. The van der Waals surface area contributed by atoms with Gasteiger partial charge in [-0.25, -0.2) is 8.42 Å². The van der Waals surface area contributed by atoms with Gasteiger partial charge in [0.05, 0.1) is 28.6 Å². The number of phenolic OH excluding ortho intramolecular Hbond substituents is 1. The van der Waals surface area contributed by atoms with Gasteiger partial charge in [0, 0.05) is 33.4 Å². The standard InChI is InChI=1S/C27H24N4O6S3/c1-15(33)28-22-14-20(38)11-17-12-23(39)25(26(34)24(17)22)31-30-18-7-5-16(6-8-18)27(35)29-19-3-2-4-21(13-19)40(36,37)10-9-32/h2-8,11-14,32,34,38-39H,9-10H2,1H3,(H,28,33)(H,29,35)/b31-30+. The molecule has 4 rings (SSSR count). The predicted molar refractivity (Wildman–Crippen MR) is 159 cm³/mol. The topological polar surface area (TPSA) is 158 Å². The van der Waals surface area contributed by atoms with Crippen molar-refractivity contribution in [3.05, 3.63) is 72.3 Å². The molecule has 0 radical (unpaired) electrons. The van der Waals surface area contributed by atoms with Crippen molar-refractivity contribution in [3.63, 3.8) is 0 Å². The Morgan fingerprint density at radius 2 is 1.68 bits per heavy atom. The number of sulfone groups is 1. The zero-order valence-corrected chi connectivity index (χ0v) is 23.6. The minimum atomic E-state index is -3.67. The number of amides is 2. The van der Waals surface area contributed by atoms with E-state index in [-0.39, 0.29) is 33.5 Å². The summed E-state index contributed by atoms with van der Waals surface area (Å²) in [7, 11) is -3.67. The zero-order chi connectivity index (χ0) is 29.0. The van der Waals surface area contributed by atoms with E-state index in [0.717, 1.165) is 0 Å². The largest absolute Gasteiger partial charge is 0.505 e. The number of aliphatic hydroxyl groups is 1. The summed E-state index contributed by atoms with van der Waals surface area (Å²) >= 11 is 8.78. The number of thiol groups is 2. The summed E-state index contributed by atoms with van der Waals surface area (Å²) in [6, 6.07) is 16.9. The third-order valence-electron chi connectivity index (χ3n) is 5.67. The van der Waals surface area contributed by atoms with Gasteiger partial charge in [0.2, 0.25) is 5.91 Å². The number of anilines is 2. The second kappa shape index (κ2) is 12.1. The van der Waals surface area contributed by atoms with Crippen molar-refractivity contribution in [2.75, 3.05) is 23.0 Å². The molecule has 0 heterocycles. The van der Waals surface area contributed by atoms with Gasteiger partial charge >= 0.3 is 0 Å². The highest BCUT2D eigenvalue weighted by Gasteiger charge is 2.17. The van der Waals surface area contributed by atoms with Gasteiger partial charge in [-0.3, -0.25) is 9.59 Å². The number of benzene rings is 4. The summed E-state index contributed by atoms with van der Waals surface area (Å²) in [5, 5.41) is 34.5. The molecule has 4 aromatic carbocycles. The highest BCUT2D eigenvalue weighted by atomic mass is 32.2. The van der Waals surface area contributed by atoms with Crippen LogP contribution in [0.3, 0.4) is 0 Å². The van der Waals surface area contributed by atoms with Crippen LogP contribution in [0.5, 0.6) is 5.75 Å². The quantitative estimate of drug-likeness (QED) is 0.116. The van der Waals surface area contributed by atoms with Crippen molar-refractivity contribution in [3.8, 4) is 5.75 Å². The summed E-state index contributed by atoms with van der Waals surface area (Å²) < 4.78 is 24.4. The van der Waals surface area contributed by atoms with Crippen LogP contribution < -0.4 is 10.6 Å². The Labute approximate surface area is 240 Å². The summed E-state index contributed by atoms with van der Waals surface area (Å²) in [6.45, 7) is 0.847. The molecule has 0 aromatic heterocycles. The number of nitrogens with one attached hydrogen (secondary N) is 2. The monoisotopic (exact) mass is 596 g/mol. The van der Waals surface area contributed by atoms with Crippen LogP contribution in [0.2, 0.25) is 0 Å². The number of rotatable bonds is 8. The minimum absolute atomic E-state index is 0.00846. The molecular formula is C27H24N4O6S3. The van der Waals surface area contributed by atoms with E-state index in [2.05, 4.69) is 46.1 Å². The van der Waals surface area contributed by atoms with Crippen LogP contribution in [0.25, 0.3) is 10.8 Å². The second-order valence-electron chi connectivity index (χ2n) is 8.64. The minimum Gasteiger partial charge on any atom is -0.505 e. The molecule has 0 aliphatic carbocycles. The lowest BCUT2D eigenvalue weighted by atomic mass is 10.1. The first-order valence-corrected chi connectivity index (χ1v) is 14.3. The molecule has 0 unspecified atom stereocenters. The van der Waals surface area contributed by atoms with E-state index in [9.17, 15) is 23.1 Å². The molecular weight excluding hydrogens is 573 g/mol. The first kappa shape index (κ1) is 29.1. The van der Waals surface area contributed by atoms with Crippen molar-refractivity contribution in [1.29, 1.82) is 0 Å². The summed E-state index contributed by atoms with van der Waals surface area (Å²) in [6.07, 6.45) is 0. The molecule has 0 aliphatic rings. The predicted octanol–water partition coefficient (Wildman–Crippen LogP) is 5.51. The molecule has 4 aromatic rings. The fourth-order valence-electron chi connectivity index (χ4n) is 3.86. The summed E-state index contributed by atoms with van der Waals surface area (Å²) in [5.41, 5.74) is 1.41. The van der Waals surface area contributed by atoms with Crippen LogP contribution in [0, 0.1) is 0 Å². The fourth-order valence-corrected chi connectivity index (χ4v) is 5.49. The van der Waals surface area contributed by atoms with Crippen LogP contribution in [-0.2, 0) is 14.6 Å². The fraction of sp³-hybridized carbons (Fsp3) is 0.111. The number of carbonyl (C=O) groups is 2. The van der Waals surface area contributed by atoms with Crippen LogP contribution in [-0.4, -0.2) is 42.8 Å². The highest BCUT2D eigenvalue weighted by Crippen LogP contribution is 2.44. The molecule has 4 N–H and O–H groups in total. The average Bonchev–Trinajstić information content (AvgIpc) is 2.88. The molecule has 13 heteroatoms. The Morgan fingerprint density at radius 3 is 2.35 bits per heavy atom. The number of azo groups is 1. The Bertz CT molecular complexity index is 1760. The van der Waals surface area contributed by atoms with E-state index >= 15 is 0 Å². The molecule has 0 bridgehead atoms. The zero-order valence-electron chi connectivity index (χ0n) is 21.0. The van der Waals surface area contributed by atoms with Crippen molar-refractivity contribution < 1.29 is 28.2 Å². The molecule has 0 saturated carbocycles. The van der Waals surface area contributed by atoms with Crippen LogP contribution in [0.1, 0.15) is 17.3 Å². The van der Waals surface area contributed by atoms with Crippen molar-refractivity contribution in [2.45, 2.75) is 21.6 Å². The number of hydrogen-bond donors (Lipinski definition) is 6. The van der Waals surface area contributed by atoms with Crippen molar-refractivity contribution >= 4 is 80.4 Å². The molecule has 10 nitrogen and oxygen atoms in total. The summed E-state index contributed by atoms with van der Waals surface area (Å²) in [5.74, 6) is -1.43. The van der Waals surface area contributed by atoms with Crippen LogP contribution in [0.4, 0.5) is 22.7 Å². The first-order chi connectivity index (χ1) is 19.0. The number of aromatic hydroxyl groups is 1. The van der Waals surface area contributed by atoms with Gasteiger partial charge in [-0.05, 0) is 66.0 Å². The molecule has 0 atom stereocenters. The number of aliphatic hydroxyl groups excluding tert-OH is 1. The Balaban J connectivity index is 1.55. The van der Waals surface area contributed by atoms with Crippen molar-refractivity contribution in [2.24, 2.45) is 10.2 Å². The Morgan fingerprint density at radius 1 is 0.950 bits per heavy atom. The maximum atomic E-state index is 12.7. The van der Waals surface area contributed by atoms with Crippen LogP contribution in [0.15, 0.2) is 91.6 Å². The van der Waals surface area contributed by atoms with Gasteiger partial charge in [-0.1, -0.05) is 6.07 Å². The van der Waals surface area contributed by atoms with Gasteiger partial charge in [0.25, 0.3) is 5.91 Å². The van der Waals surface area contributed by atoms with E-state index < -0.39 is 28.1 Å². The number of fused-ring (bicyclic) bond motifs is 1. The molecule has 0 fully saturated rings. The van der Waals surface area contributed by atoms with Gasteiger partial charge in [-0.2, -0.15) is 5.11 Å². The van der Waals surface area contributed by atoms with E-state index in [1.165, 1.54) is 37.3 Å². The number of phenols is 1. The van der Waals surface area contributed by atoms with Gasteiger partial charge in [-0.15, -0.1) is 30.4 Å². The van der Waals surface area contributed by atoms with Gasteiger partial charge < -0.3 is 20.8 Å². The highest BCUT2D eigenvalue weighted by molar-refractivity contribution is 7.91. The SMILES string of the molecule is CC(=O)Nc1cc(S)cc2cc(S)c(/N=N/c3ccc(C(=O)Nc4cccc(S(=O)(=O)CCO)c4)cc3)c(O)c12. The van der Waals surface area contributed by atoms with E-state index in [0.29, 0.717) is 31.9 Å². The third-order valence-corrected chi connectivity index (χ3v) is 7.96. The van der Waals surface area contributed by atoms with Gasteiger partial charge in [0.1, 0.15) is 5.69 Å². The number of hydrogen-bond acceptors (Lipinski definition) is 10. The second-order valence-corrected chi connectivity index (χ2v) is 11.7. The van der Waals surface area contributed by atoms with Crippen LogP contribution >= 0.6 is 25.3 Å². The lowest BCUT2D eigenvalue weighted by Crippen LogP contribution is -2.13. The molecule has 40 heavy (non-hydrogen) atoms.